The number of nitrogens with zero attached hydrogens (tertiary/aromatic N) is 2. The number of amides is 1. The fraction of sp³-hybridized carbons (Fsp3) is 0.500. The largest absolute Gasteiger partial charge is 0.383 e. The van der Waals surface area contributed by atoms with Crippen molar-refractivity contribution in [3.05, 3.63) is 27.9 Å². The molecule has 0 bridgehead atoms. The molecule has 0 aliphatic carbocycles. The van der Waals surface area contributed by atoms with Crippen LogP contribution in [0.1, 0.15) is 24.2 Å². The molecule has 3 N–H and O–H groups in total. The lowest BCUT2D eigenvalue weighted by atomic mass is 10.0. The smallest absolute Gasteiger partial charge is 0.288 e. The molecule has 8 nitrogen and oxygen atoms in total. The summed E-state index contributed by atoms with van der Waals surface area (Å²) in [6, 6.07) is 0.896. The minimum absolute atomic E-state index is 0.0130. The number of hydrogen-bond donors (Lipinski definition) is 2. The molecule has 0 radical (unpaired) electrons. The second kappa shape index (κ2) is 6.80. The number of anilines is 1. The second-order valence-electron chi connectivity index (χ2n) is 4.66. The van der Waals surface area contributed by atoms with Gasteiger partial charge in [-0.15, -0.1) is 0 Å². The summed E-state index contributed by atoms with van der Waals surface area (Å²) in [5.41, 5.74) is 5.30. The summed E-state index contributed by atoms with van der Waals surface area (Å²) >= 11 is 0. The molecule has 8 heteroatoms. The van der Waals surface area contributed by atoms with E-state index in [-0.39, 0.29) is 29.0 Å². The molecule has 1 unspecified atom stereocenters. The average Bonchev–Trinajstić information content (AvgIpc) is 2.38. The molecule has 1 aromatic rings. The number of hydrogen-bond acceptors (Lipinski definition) is 6. The van der Waals surface area contributed by atoms with Crippen molar-refractivity contribution in [2.24, 2.45) is 5.92 Å². The van der Waals surface area contributed by atoms with E-state index in [1.807, 2.05) is 13.8 Å². The minimum atomic E-state index is -0.627. The third-order valence-electron chi connectivity index (χ3n) is 2.83. The fourth-order valence-electron chi connectivity index (χ4n) is 1.57. The van der Waals surface area contributed by atoms with Gasteiger partial charge < -0.3 is 15.8 Å². The minimum Gasteiger partial charge on any atom is -0.383 e. The molecule has 1 rings (SSSR count). The first-order valence-electron chi connectivity index (χ1n) is 6.06. The molecule has 0 fully saturated rings. The standard InChI is InChI=1S/C12H18N4O4/c1-7(2)10(6-20-3)15-12(17)9-4-8(16(18)19)5-14-11(9)13/h4-5,7,10H,6H2,1-3H3,(H2,13,14)(H,15,17). The zero-order valence-corrected chi connectivity index (χ0v) is 11.6. The second-order valence-corrected chi connectivity index (χ2v) is 4.66. The molecule has 0 saturated heterocycles. The number of ether oxygens (including phenoxy) is 1. The van der Waals surface area contributed by atoms with Crippen LogP contribution in [0.15, 0.2) is 12.3 Å². The van der Waals surface area contributed by atoms with Crippen LogP contribution in [0.4, 0.5) is 11.5 Å². The third kappa shape index (κ3) is 3.89. The molecule has 1 aromatic heterocycles. The number of methoxy groups -OCH3 is 1. The molecule has 1 heterocycles. The Kier molecular flexibility index (Phi) is 5.39. The van der Waals surface area contributed by atoms with Gasteiger partial charge in [0.1, 0.15) is 12.0 Å². The van der Waals surface area contributed by atoms with Crippen LogP contribution in [0.2, 0.25) is 0 Å². The van der Waals surface area contributed by atoms with Gasteiger partial charge in [-0.25, -0.2) is 4.98 Å². The molecular formula is C12H18N4O4. The van der Waals surface area contributed by atoms with Crippen molar-refractivity contribution in [3.8, 4) is 0 Å². The van der Waals surface area contributed by atoms with Gasteiger partial charge in [-0.2, -0.15) is 0 Å². The van der Waals surface area contributed by atoms with Crippen LogP contribution in [0.25, 0.3) is 0 Å². The maximum atomic E-state index is 12.1. The monoisotopic (exact) mass is 282 g/mol. The Morgan fingerprint density at radius 1 is 1.60 bits per heavy atom. The number of pyridine rings is 1. The summed E-state index contributed by atoms with van der Waals surface area (Å²) in [6.45, 7) is 4.20. The molecule has 0 aromatic carbocycles. The van der Waals surface area contributed by atoms with Crippen LogP contribution in [0, 0.1) is 16.0 Å². The first-order chi connectivity index (χ1) is 9.36. The van der Waals surface area contributed by atoms with Crippen LogP contribution < -0.4 is 11.1 Å². The number of nitrogens with two attached hydrogens (primary N) is 1. The Morgan fingerprint density at radius 3 is 2.75 bits per heavy atom. The number of carbonyl (C=O) groups excluding carboxylic acids is 1. The molecule has 1 amide bonds. The Morgan fingerprint density at radius 2 is 2.25 bits per heavy atom. The maximum Gasteiger partial charge on any atom is 0.288 e. The quantitative estimate of drug-likeness (QED) is 0.592. The third-order valence-corrected chi connectivity index (χ3v) is 2.83. The number of nitro groups is 1. The summed E-state index contributed by atoms with van der Waals surface area (Å²) < 4.78 is 5.02. The van der Waals surface area contributed by atoms with E-state index in [1.54, 1.807) is 0 Å². The first-order valence-corrected chi connectivity index (χ1v) is 6.06. The predicted molar refractivity (Wildman–Crippen MR) is 73.3 cm³/mol. The van der Waals surface area contributed by atoms with E-state index >= 15 is 0 Å². The lowest BCUT2D eigenvalue weighted by Gasteiger charge is -2.21. The number of carbonyl (C=O) groups is 1. The van der Waals surface area contributed by atoms with E-state index in [0.29, 0.717) is 6.61 Å². The maximum absolute atomic E-state index is 12.1. The Balaban J connectivity index is 2.96. The van der Waals surface area contributed by atoms with Crippen molar-refractivity contribution in [1.29, 1.82) is 0 Å². The lowest BCUT2D eigenvalue weighted by molar-refractivity contribution is -0.385. The van der Waals surface area contributed by atoms with Gasteiger partial charge in [0.15, 0.2) is 0 Å². The van der Waals surface area contributed by atoms with Crippen molar-refractivity contribution >= 4 is 17.4 Å². The molecule has 20 heavy (non-hydrogen) atoms. The SMILES string of the molecule is COCC(NC(=O)c1cc([N+](=O)[O-])cnc1N)C(C)C. The van der Waals surface area contributed by atoms with E-state index < -0.39 is 10.8 Å². The topological polar surface area (TPSA) is 120 Å². The van der Waals surface area contributed by atoms with Gasteiger partial charge in [0, 0.05) is 13.2 Å². The highest BCUT2D eigenvalue weighted by atomic mass is 16.6. The number of aromatic nitrogens is 1. The highest BCUT2D eigenvalue weighted by Crippen LogP contribution is 2.17. The Bertz CT molecular complexity index is 504. The van der Waals surface area contributed by atoms with Crippen LogP contribution in [0.3, 0.4) is 0 Å². The van der Waals surface area contributed by atoms with E-state index in [0.717, 1.165) is 12.3 Å². The lowest BCUT2D eigenvalue weighted by Crippen LogP contribution is -2.42. The Hall–Kier alpha value is -2.22. The highest BCUT2D eigenvalue weighted by molar-refractivity contribution is 5.99. The number of nitrogens with one attached hydrogen (secondary N) is 1. The number of rotatable bonds is 6. The summed E-state index contributed by atoms with van der Waals surface area (Å²) in [7, 11) is 1.53. The van der Waals surface area contributed by atoms with E-state index in [1.165, 1.54) is 7.11 Å². The first kappa shape index (κ1) is 15.8. The fourth-order valence-corrected chi connectivity index (χ4v) is 1.57. The summed E-state index contributed by atoms with van der Waals surface area (Å²) in [5.74, 6) is -0.408. The zero-order chi connectivity index (χ0) is 15.3. The van der Waals surface area contributed by atoms with Gasteiger partial charge >= 0.3 is 0 Å². The van der Waals surface area contributed by atoms with Gasteiger partial charge in [-0.1, -0.05) is 13.8 Å². The van der Waals surface area contributed by atoms with Crippen molar-refractivity contribution in [1.82, 2.24) is 10.3 Å². The summed E-state index contributed by atoms with van der Waals surface area (Å²) in [5, 5.41) is 13.4. The van der Waals surface area contributed by atoms with Crippen LogP contribution in [-0.2, 0) is 4.74 Å². The molecule has 0 aliphatic heterocycles. The van der Waals surface area contributed by atoms with Gasteiger partial charge in [-0.3, -0.25) is 14.9 Å². The number of nitrogen functional groups attached to an aromatic ring is 1. The normalized spacial score (nSPS) is 12.2. The average molecular weight is 282 g/mol. The summed E-state index contributed by atoms with van der Waals surface area (Å²) in [4.78, 5) is 25.9. The predicted octanol–water partition coefficient (Wildman–Crippen LogP) is 0.973. The van der Waals surface area contributed by atoms with Gasteiger partial charge in [-0.05, 0) is 5.92 Å². The van der Waals surface area contributed by atoms with Crippen LogP contribution >= 0.6 is 0 Å². The zero-order valence-electron chi connectivity index (χ0n) is 11.6. The van der Waals surface area contributed by atoms with Gasteiger partial charge in [0.2, 0.25) is 0 Å². The van der Waals surface area contributed by atoms with E-state index in [4.69, 9.17) is 10.5 Å². The van der Waals surface area contributed by atoms with Crippen molar-refractivity contribution in [2.45, 2.75) is 19.9 Å². The molecule has 0 aliphatic rings. The van der Waals surface area contributed by atoms with Crippen molar-refractivity contribution in [3.63, 3.8) is 0 Å². The van der Waals surface area contributed by atoms with Crippen LogP contribution in [-0.4, -0.2) is 35.6 Å². The molecule has 1 atom stereocenters. The Labute approximate surface area is 116 Å². The van der Waals surface area contributed by atoms with Gasteiger partial charge in [0.25, 0.3) is 11.6 Å². The summed E-state index contributed by atoms with van der Waals surface area (Å²) in [6.07, 6.45) is 1.02. The van der Waals surface area contributed by atoms with E-state index in [2.05, 4.69) is 10.3 Å². The van der Waals surface area contributed by atoms with E-state index in [9.17, 15) is 14.9 Å². The molecular weight excluding hydrogens is 264 g/mol. The van der Waals surface area contributed by atoms with Crippen molar-refractivity contribution < 1.29 is 14.5 Å². The van der Waals surface area contributed by atoms with Crippen LogP contribution in [0.5, 0.6) is 0 Å². The molecule has 0 saturated carbocycles. The molecule has 0 spiro atoms. The highest BCUT2D eigenvalue weighted by Gasteiger charge is 2.21. The van der Waals surface area contributed by atoms with Crippen molar-refractivity contribution in [2.75, 3.05) is 19.5 Å². The van der Waals surface area contributed by atoms with Gasteiger partial charge in [0.05, 0.1) is 23.1 Å². The molecule has 110 valence electrons.